The van der Waals surface area contributed by atoms with Crippen molar-refractivity contribution in [3.05, 3.63) is 42.5 Å². The van der Waals surface area contributed by atoms with Gasteiger partial charge >= 0.3 is 12.0 Å². The van der Waals surface area contributed by atoms with Crippen molar-refractivity contribution in [2.45, 2.75) is 19.0 Å². The number of aliphatic carboxylic acids is 1. The normalized spacial score (nSPS) is 11.3. The van der Waals surface area contributed by atoms with Crippen molar-refractivity contribution >= 4 is 12.0 Å². The lowest BCUT2D eigenvalue weighted by atomic mass is 10.2. The van der Waals surface area contributed by atoms with Crippen LogP contribution in [-0.2, 0) is 11.3 Å². The van der Waals surface area contributed by atoms with Gasteiger partial charge in [-0.15, -0.1) is 6.58 Å². The number of nitrogens with zero attached hydrogens (tertiary/aromatic N) is 1. The number of carboxylic acid groups (broad SMARTS) is 1. The van der Waals surface area contributed by atoms with Gasteiger partial charge in [0.1, 0.15) is 11.8 Å². The maximum atomic E-state index is 12.0. The van der Waals surface area contributed by atoms with Crippen molar-refractivity contribution in [3.8, 4) is 5.75 Å². The van der Waals surface area contributed by atoms with Gasteiger partial charge in [0, 0.05) is 12.6 Å². The van der Waals surface area contributed by atoms with Crippen LogP contribution >= 0.6 is 0 Å². The number of ether oxygens (including phenoxy) is 1. The number of hydrogen-bond donors (Lipinski definition) is 2. The van der Waals surface area contributed by atoms with E-state index in [1.807, 2.05) is 18.2 Å². The lowest BCUT2D eigenvalue weighted by Gasteiger charge is -2.21. The molecule has 2 N–H and O–H groups in total. The van der Waals surface area contributed by atoms with Gasteiger partial charge in [-0.3, -0.25) is 0 Å². The van der Waals surface area contributed by atoms with Crippen LogP contribution in [0, 0.1) is 0 Å². The Morgan fingerprint density at radius 1 is 1.48 bits per heavy atom. The molecule has 2 amide bonds. The SMILES string of the molecule is C=CCC(NC(=O)N(C)Cc1ccccc1OC)C(=O)O. The molecular formula is C15H20N2O4. The molecule has 6 heteroatoms. The number of nitrogens with one attached hydrogen (secondary N) is 1. The number of hydrogen-bond acceptors (Lipinski definition) is 3. The average Bonchev–Trinajstić information content (AvgIpc) is 2.47. The lowest BCUT2D eigenvalue weighted by molar-refractivity contribution is -0.139. The Morgan fingerprint density at radius 2 is 2.14 bits per heavy atom. The fourth-order valence-corrected chi connectivity index (χ4v) is 1.81. The fraction of sp³-hybridized carbons (Fsp3) is 0.333. The van der Waals surface area contributed by atoms with Crippen molar-refractivity contribution in [2.24, 2.45) is 0 Å². The van der Waals surface area contributed by atoms with Crippen LogP contribution in [0.25, 0.3) is 0 Å². The van der Waals surface area contributed by atoms with Gasteiger partial charge in [0.25, 0.3) is 0 Å². The monoisotopic (exact) mass is 292 g/mol. The number of amides is 2. The molecule has 114 valence electrons. The number of para-hydroxylation sites is 1. The van der Waals surface area contributed by atoms with Gasteiger partial charge in [-0.05, 0) is 12.5 Å². The fourth-order valence-electron chi connectivity index (χ4n) is 1.81. The van der Waals surface area contributed by atoms with E-state index in [-0.39, 0.29) is 6.42 Å². The highest BCUT2D eigenvalue weighted by Crippen LogP contribution is 2.18. The van der Waals surface area contributed by atoms with Crippen LogP contribution in [0.4, 0.5) is 4.79 Å². The third-order valence-corrected chi connectivity index (χ3v) is 2.94. The molecule has 0 aromatic heterocycles. The summed E-state index contributed by atoms with van der Waals surface area (Å²) in [5, 5.41) is 11.5. The van der Waals surface area contributed by atoms with Crippen LogP contribution in [0.1, 0.15) is 12.0 Å². The van der Waals surface area contributed by atoms with E-state index in [1.165, 1.54) is 11.0 Å². The molecule has 1 aromatic rings. The molecule has 0 fully saturated rings. The second-order valence-electron chi connectivity index (χ2n) is 4.53. The molecule has 21 heavy (non-hydrogen) atoms. The summed E-state index contributed by atoms with van der Waals surface area (Å²) in [7, 11) is 3.15. The van der Waals surface area contributed by atoms with E-state index in [0.717, 1.165) is 5.56 Å². The van der Waals surface area contributed by atoms with E-state index in [9.17, 15) is 9.59 Å². The predicted octanol–water partition coefficient (Wildman–Crippen LogP) is 1.87. The van der Waals surface area contributed by atoms with Crippen LogP contribution in [0.3, 0.4) is 0 Å². The molecule has 0 aliphatic heterocycles. The van der Waals surface area contributed by atoms with Gasteiger partial charge in [-0.25, -0.2) is 9.59 Å². The summed E-state index contributed by atoms with van der Waals surface area (Å²) in [6.45, 7) is 3.80. The molecular weight excluding hydrogens is 272 g/mol. The van der Waals surface area contributed by atoms with Gasteiger partial charge in [0.05, 0.1) is 13.7 Å². The second-order valence-corrected chi connectivity index (χ2v) is 4.53. The van der Waals surface area contributed by atoms with Crippen molar-refractivity contribution in [3.63, 3.8) is 0 Å². The molecule has 6 nitrogen and oxygen atoms in total. The number of rotatable bonds is 7. The summed E-state index contributed by atoms with van der Waals surface area (Å²) in [5.41, 5.74) is 0.841. The first-order valence-electron chi connectivity index (χ1n) is 6.46. The van der Waals surface area contributed by atoms with Gasteiger partial charge in [0.2, 0.25) is 0 Å². The van der Waals surface area contributed by atoms with Crippen molar-refractivity contribution < 1.29 is 19.4 Å². The molecule has 1 aromatic carbocycles. The topological polar surface area (TPSA) is 78.9 Å². The molecule has 0 radical (unpaired) electrons. The molecule has 0 saturated heterocycles. The van der Waals surface area contributed by atoms with Crippen molar-refractivity contribution in [1.82, 2.24) is 10.2 Å². The van der Waals surface area contributed by atoms with E-state index in [2.05, 4.69) is 11.9 Å². The average molecular weight is 292 g/mol. The highest BCUT2D eigenvalue weighted by Gasteiger charge is 2.20. The minimum Gasteiger partial charge on any atom is -0.496 e. The van der Waals surface area contributed by atoms with Gasteiger partial charge in [-0.2, -0.15) is 0 Å². The molecule has 0 saturated carbocycles. The molecule has 0 aliphatic rings. The summed E-state index contributed by atoms with van der Waals surface area (Å²) in [6.07, 6.45) is 1.63. The van der Waals surface area contributed by atoms with E-state index >= 15 is 0 Å². The number of carboxylic acids is 1. The minimum atomic E-state index is -1.09. The molecule has 0 spiro atoms. The molecule has 1 atom stereocenters. The molecule has 1 rings (SSSR count). The minimum absolute atomic E-state index is 0.170. The standard InChI is InChI=1S/C15H20N2O4/c1-4-7-12(14(18)19)16-15(20)17(2)10-11-8-5-6-9-13(11)21-3/h4-6,8-9,12H,1,7,10H2,2-3H3,(H,16,20)(H,18,19). The number of benzene rings is 1. The van der Waals surface area contributed by atoms with Crippen LogP contribution in [0.5, 0.6) is 5.75 Å². The highest BCUT2D eigenvalue weighted by atomic mass is 16.5. The third-order valence-electron chi connectivity index (χ3n) is 2.94. The van der Waals surface area contributed by atoms with Crippen molar-refractivity contribution in [1.29, 1.82) is 0 Å². The zero-order valence-electron chi connectivity index (χ0n) is 12.2. The maximum absolute atomic E-state index is 12.0. The van der Waals surface area contributed by atoms with Crippen LogP contribution in [-0.4, -0.2) is 42.2 Å². The van der Waals surface area contributed by atoms with Crippen LogP contribution < -0.4 is 10.1 Å². The highest BCUT2D eigenvalue weighted by molar-refractivity contribution is 5.82. The number of urea groups is 1. The second kappa shape index (κ2) is 7.94. The predicted molar refractivity (Wildman–Crippen MR) is 79.2 cm³/mol. The largest absolute Gasteiger partial charge is 0.496 e. The summed E-state index contributed by atoms with van der Waals surface area (Å²) < 4.78 is 5.22. The van der Waals surface area contributed by atoms with E-state index in [1.54, 1.807) is 20.2 Å². The molecule has 0 heterocycles. The van der Waals surface area contributed by atoms with Gasteiger partial charge in [-0.1, -0.05) is 24.3 Å². The Kier molecular flexibility index (Phi) is 6.26. The summed E-state index contributed by atoms with van der Waals surface area (Å²) >= 11 is 0. The Balaban J connectivity index is 2.70. The summed E-state index contributed by atoms with van der Waals surface area (Å²) in [5.74, 6) is -0.410. The zero-order chi connectivity index (χ0) is 15.8. The summed E-state index contributed by atoms with van der Waals surface area (Å²) in [4.78, 5) is 24.4. The zero-order valence-corrected chi connectivity index (χ0v) is 12.2. The number of carbonyl (C=O) groups is 2. The maximum Gasteiger partial charge on any atom is 0.326 e. The van der Waals surface area contributed by atoms with Crippen molar-refractivity contribution in [2.75, 3.05) is 14.2 Å². The Morgan fingerprint density at radius 3 is 2.71 bits per heavy atom. The third kappa shape index (κ3) is 4.83. The smallest absolute Gasteiger partial charge is 0.326 e. The summed E-state index contributed by atoms with van der Waals surface area (Å²) in [6, 6.07) is 5.90. The van der Waals surface area contributed by atoms with Crippen LogP contribution in [0.15, 0.2) is 36.9 Å². The lowest BCUT2D eigenvalue weighted by Crippen LogP contribution is -2.46. The van der Waals surface area contributed by atoms with Gasteiger partial charge in [0.15, 0.2) is 0 Å². The Hall–Kier alpha value is -2.50. The van der Waals surface area contributed by atoms with Gasteiger partial charge < -0.3 is 20.1 Å². The number of carbonyl (C=O) groups excluding carboxylic acids is 1. The van der Waals surface area contributed by atoms with E-state index in [4.69, 9.17) is 9.84 Å². The molecule has 0 bridgehead atoms. The molecule has 0 aliphatic carbocycles. The van der Waals surface area contributed by atoms with Crippen LogP contribution in [0.2, 0.25) is 0 Å². The Bertz CT molecular complexity index is 516. The first kappa shape index (κ1) is 16.6. The van der Waals surface area contributed by atoms with E-state index in [0.29, 0.717) is 12.3 Å². The van der Waals surface area contributed by atoms with E-state index < -0.39 is 18.0 Å². The quantitative estimate of drug-likeness (QED) is 0.752. The Labute approximate surface area is 124 Å². The molecule has 1 unspecified atom stereocenters. The first-order valence-corrected chi connectivity index (χ1v) is 6.46. The first-order chi connectivity index (χ1) is 9.99. The number of methoxy groups -OCH3 is 1.